The molecule has 2 aromatic rings. The Balaban J connectivity index is 2.29. The second kappa shape index (κ2) is 10.2. The number of ether oxygens (including phenoxy) is 3. The lowest BCUT2D eigenvalue weighted by molar-refractivity contribution is -0.112. The topological polar surface area (TPSA) is 80.6 Å². The molecule has 6 heteroatoms. The van der Waals surface area contributed by atoms with Crippen molar-refractivity contribution in [2.45, 2.75) is 26.2 Å². The molecule has 6 nitrogen and oxygen atoms in total. The van der Waals surface area contributed by atoms with Gasteiger partial charge in [0.25, 0.3) is 5.91 Å². The van der Waals surface area contributed by atoms with Crippen LogP contribution in [-0.2, 0) is 4.79 Å². The van der Waals surface area contributed by atoms with Crippen molar-refractivity contribution >= 4 is 17.7 Å². The van der Waals surface area contributed by atoms with Crippen LogP contribution in [0, 0.1) is 11.3 Å². The van der Waals surface area contributed by atoms with Crippen LogP contribution in [0.2, 0.25) is 0 Å². The highest BCUT2D eigenvalue weighted by molar-refractivity contribution is 6.09. The normalized spacial score (nSPS) is 11.9. The number of rotatable bonds is 8. The highest BCUT2D eigenvalue weighted by Gasteiger charge is 2.15. The third kappa shape index (κ3) is 5.29. The molecular formula is C23H26N2O4. The van der Waals surface area contributed by atoms with Gasteiger partial charge in [-0.25, -0.2) is 0 Å². The Hall–Kier alpha value is -3.46. The molecule has 152 valence electrons. The zero-order valence-corrected chi connectivity index (χ0v) is 17.4. The predicted molar refractivity (Wildman–Crippen MR) is 113 cm³/mol. The summed E-state index contributed by atoms with van der Waals surface area (Å²) < 4.78 is 15.9. The lowest BCUT2D eigenvalue weighted by atomic mass is 9.98. The van der Waals surface area contributed by atoms with Crippen LogP contribution in [0.15, 0.2) is 42.0 Å². The van der Waals surface area contributed by atoms with E-state index >= 15 is 0 Å². The van der Waals surface area contributed by atoms with E-state index in [4.69, 9.17) is 14.2 Å². The standard InChI is InChI=1S/C23H26N2O4/c1-6-15(2)16-7-9-19(10-8-16)25-23(26)18(14-24)11-17-12-21(28-4)22(29-5)13-20(17)27-3/h7-13,15H,6H2,1-5H3,(H,25,26)/b18-11+/t15-/m1/s1. The second-order valence-electron chi connectivity index (χ2n) is 6.50. The molecule has 29 heavy (non-hydrogen) atoms. The zero-order valence-electron chi connectivity index (χ0n) is 17.4. The minimum atomic E-state index is -0.499. The number of methoxy groups -OCH3 is 3. The van der Waals surface area contributed by atoms with Gasteiger partial charge in [0.1, 0.15) is 17.4 Å². The lowest BCUT2D eigenvalue weighted by Gasteiger charge is -2.13. The third-order valence-corrected chi connectivity index (χ3v) is 4.75. The van der Waals surface area contributed by atoms with Gasteiger partial charge in [0.05, 0.1) is 21.3 Å². The van der Waals surface area contributed by atoms with Crippen molar-refractivity contribution in [3.63, 3.8) is 0 Å². The molecule has 0 unspecified atom stereocenters. The molecule has 1 amide bonds. The number of hydrogen-bond acceptors (Lipinski definition) is 5. The third-order valence-electron chi connectivity index (χ3n) is 4.75. The summed E-state index contributed by atoms with van der Waals surface area (Å²) in [6.07, 6.45) is 2.50. The Morgan fingerprint density at radius 2 is 1.66 bits per heavy atom. The van der Waals surface area contributed by atoms with Crippen LogP contribution < -0.4 is 19.5 Å². The smallest absolute Gasteiger partial charge is 0.266 e. The van der Waals surface area contributed by atoms with E-state index in [1.54, 1.807) is 12.1 Å². The molecule has 0 saturated carbocycles. The number of carbonyl (C=O) groups is 1. The fourth-order valence-corrected chi connectivity index (χ4v) is 2.80. The summed E-state index contributed by atoms with van der Waals surface area (Å²) in [4.78, 5) is 12.6. The number of amides is 1. The van der Waals surface area contributed by atoms with Crippen molar-refractivity contribution < 1.29 is 19.0 Å². The van der Waals surface area contributed by atoms with Gasteiger partial charge < -0.3 is 19.5 Å². The first-order valence-electron chi connectivity index (χ1n) is 9.30. The molecule has 0 aliphatic rings. The molecule has 1 atom stereocenters. The predicted octanol–water partition coefficient (Wildman–Crippen LogP) is 4.77. The van der Waals surface area contributed by atoms with E-state index in [1.807, 2.05) is 30.3 Å². The molecule has 0 aromatic heterocycles. The van der Waals surface area contributed by atoms with E-state index in [0.29, 0.717) is 34.4 Å². The Morgan fingerprint density at radius 3 is 2.17 bits per heavy atom. The molecular weight excluding hydrogens is 368 g/mol. The van der Waals surface area contributed by atoms with Crippen LogP contribution in [-0.4, -0.2) is 27.2 Å². The molecule has 2 aromatic carbocycles. The van der Waals surface area contributed by atoms with E-state index in [2.05, 4.69) is 19.2 Å². The molecule has 2 rings (SSSR count). The highest BCUT2D eigenvalue weighted by Crippen LogP contribution is 2.35. The summed E-state index contributed by atoms with van der Waals surface area (Å²) in [5.41, 5.74) is 2.31. The summed E-state index contributed by atoms with van der Waals surface area (Å²) in [6, 6.07) is 12.9. The fourth-order valence-electron chi connectivity index (χ4n) is 2.80. The van der Waals surface area contributed by atoms with Gasteiger partial charge in [-0.1, -0.05) is 26.0 Å². The maximum absolute atomic E-state index is 12.6. The molecule has 0 radical (unpaired) electrons. The quantitative estimate of drug-likeness (QED) is 0.515. The van der Waals surface area contributed by atoms with Crippen LogP contribution in [0.5, 0.6) is 17.2 Å². The summed E-state index contributed by atoms with van der Waals surface area (Å²) in [7, 11) is 4.54. The summed E-state index contributed by atoms with van der Waals surface area (Å²) in [6.45, 7) is 4.29. The van der Waals surface area contributed by atoms with Gasteiger partial charge in [0, 0.05) is 17.3 Å². The van der Waals surface area contributed by atoms with E-state index in [-0.39, 0.29) is 5.57 Å². The van der Waals surface area contributed by atoms with E-state index < -0.39 is 5.91 Å². The molecule has 0 aliphatic heterocycles. The summed E-state index contributed by atoms with van der Waals surface area (Å²) in [5, 5.41) is 12.3. The van der Waals surface area contributed by atoms with E-state index in [9.17, 15) is 10.1 Å². The van der Waals surface area contributed by atoms with Gasteiger partial charge in [-0.2, -0.15) is 5.26 Å². The first-order valence-corrected chi connectivity index (χ1v) is 9.30. The average Bonchev–Trinajstić information content (AvgIpc) is 2.76. The minimum Gasteiger partial charge on any atom is -0.496 e. The Kier molecular flexibility index (Phi) is 7.67. The first-order chi connectivity index (χ1) is 14.0. The molecule has 0 fully saturated rings. The zero-order chi connectivity index (χ0) is 21.4. The molecule has 0 heterocycles. The number of nitrogens with zero attached hydrogens (tertiary/aromatic N) is 1. The number of anilines is 1. The van der Waals surface area contributed by atoms with Crippen molar-refractivity contribution in [3.8, 4) is 23.3 Å². The minimum absolute atomic E-state index is 0.0541. The van der Waals surface area contributed by atoms with Gasteiger partial charge >= 0.3 is 0 Å². The lowest BCUT2D eigenvalue weighted by Crippen LogP contribution is -2.13. The summed E-state index contributed by atoms with van der Waals surface area (Å²) >= 11 is 0. The monoisotopic (exact) mass is 394 g/mol. The van der Waals surface area contributed by atoms with Gasteiger partial charge in [0.15, 0.2) is 11.5 Å². The Labute approximate surface area is 171 Å². The van der Waals surface area contributed by atoms with Gasteiger partial charge in [-0.3, -0.25) is 4.79 Å². The number of nitriles is 1. The fraction of sp³-hybridized carbons (Fsp3) is 0.304. The molecule has 0 bridgehead atoms. The van der Waals surface area contributed by atoms with Crippen LogP contribution in [0.3, 0.4) is 0 Å². The average molecular weight is 394 g/mol. The maximum Gasteiger partial charge on any atom is 0.266 e. The van der Waals surface area contributed by atoms with Crippen LogP contribution in [0.1, 0.15) is 37.3 Å². The first kappa shape index (κ1) is 21.8. The van der Waals surface area contributed by atoms with Crippen molar-refractivity contribution in [2.24, 2.45) is 0 Å². The molecule has 0 aliphatic carbocycles. The molecule has 1 N–H and O–H groups in total. The number of hydrogen-bond donors (Lipinski definition) is 1. The van der Waals surface area contributed by atoms with Crippen molar-refractivity contribution in [1.82, 2.24) is 0 Å². The largest absolute Gasteiger partial charge is 0.496 e. The number of carbonyl (C=O) groups excluding carboxylic acids is 1. The number of nitrogens with one attached hydrogen (secondary N) is 1. The Morgan fingerprint density at radius 1 is 1.07 bits per heavy atom. The van der Waals surface area contributed by atoms with E-state index in [0.717, 1.165) is 6.42 Å². The SMILES string of the molecule is CC[C@@H](C)c1ccc(NC(=O)/C(C#N)=C/c2cc(OC)c(OC)cc2OC)cc1. The van der Waals surface area contributed by atoms with Gasteiger partial charge in [-0.15, -0.1) is 0 Å². The van der Waals surface area contributed by atoms with Crippen molar-refractivity contribution in [3.05, 3.63) is 53.1 Å². The molecule has 0 saturated heterocycles. The van der Waals surface area contributed by atoms with Gasteiger partial charge in [-0.05, 0) is 42.2 Å². The van der Waals surface area contributed by atoms with Crippen molar-refractivity contribution in [1.29, 1.82) is 5.26 Å². The van der Waals surface area contributed by atoms with Crippen LogP contribution in [0.25, 0.3) is 6.08 Å². The Bertz CT molecular complexity index is 927. The second-order valence-corrected chi connectivity index (χ2v) is 6.50. The summed E-state index contributed by atoms with van der Waals surface area (Å²) in [5.74, 6) is 1.37. The van der Waals surface area contributed by atoms with E-state index in [1.165, 1.54) is 33.0 Å². The van der Waals surface area contributed by atoms with Crippen molar-refractivity contribution in [2.75, 3.05) is 26.6 Å². The maximum atomic E-state index is 12.6. The molecule has 0 spiro atoms. The van der Waals surface area contributed by atoms with Crippen LogP contribution in [0.4, 0.5) is 5.69 Å². The van der Waals surface area contributed by atoms with Gasteiger partial charge in [0.2, 0.25) is 0 Å². The highest BCUT2D eigenvalue weighted by atomic mass is 16.5. The van der Waals surface area contributed by atoms with Crippen LogP contribution >= 0.6 is 0 Å². The number of benzene rings is 2.